The molecule has 3 rings (SSSR count). The molecule has 2 aromatic heterocycles. The third kappa shape index (κ3) is 2.49. The lowest BCUT2D eigenvalue weighted by molar-refractivity contribution is 0.338. The summed E-state index contributed by atoms with van der Waals surface area (Å²) in [6, 6.07) is 7.54. The van der Waals surface area contributed by atoms with Crippen LogP contribution in [0.25, 0.3) is 21.5 Å². The van der Waals surface area contributed by atoms with Gasteiger partial charge in [-0.25, -0.2) is 0 Å². The number of hydrogen-bond acceptors (Lipinski definition) is 5. The van der Waals surface area contributed by atoms with Gasteiger partial charge in [0.25, 0.3) is 10.8 Å². The molecular weight excluding hydrogens is 312 g/mol. The monoisotopic (exact) mass is 330 g/mol. The largest absolute Gasteiger partial charge is 0.505 e. The maximum atomic E-state index is 12.9. The number of ether oxygens (including phenoxy) is 1. The van der Waals surface area contributed by atoms with Gasteiger partial charge < -0.3 is 9.84 Å². The molecular formula is C17H18N2O3S. The topological polar surface area (TPSA) is 64.3 Å². The van der Waals surface area contributed by atoms with Gasteiger partial charge in [0.05, 0.1) is 12.2 Å². The Morgan fingerprint density at radius 2 is 2.04 bits per heavy atom. The van der Waals surface area contributed by atoms with E-state index in [1.54, 1.807) is 4.57 Å². The average molecular weight is 330 g/mol. The number of rotatable bonds is 4. The molecule has 0 aliphatic carbocycles. The molecule has 0 spiro atoms. The first-order valence-corrected chi connectivity index (χ1v) is 8.35. The van der Waals surface area contributed by atoms with Gasteiger partial charge in [-0.3, -0.25) is 9.36 Å². The smallest absolute Gasteiger partial charge is 0.275 e. The van der Waals surface area contributed by atoms with Crippen molar-refractivity contribution >= 4 is 21.7 Å². The summed E-state index contributed by atoms with van der Waals surface area (Å²) in [4.78, 5) is 17.2. The van der Waals surface area contributed by atoms with E-state index in [0.29, 0.717) is 34.3 Å². The lowest BCUT2D eigenvalue weighted by Gasteiger charge is -2.11. The van der Waals surface area contributed by atoms with Gasteiger partial charge in [0.15, 0.2) is 5.65 Å². The molecule has 0 amide bonds. The van der Waals surface area contributed by atoms with Crippen LogP contribution < -0.4 is 10.3 Å². The zero-order valence-electron chi connectivity index (χ0n) is 13.3. The standard InChI is InChI=1S/C17H18N2O3S/c1-4-19-15-14(23-17(18-15)22-5-2)13(20)12(16(19)21)11-9-7-6-8-10(11)3/h6-9,20H,4-5H2,1-3H3. The number of pyridine rings is 1. The molecule has 3 aromatic rings. The van der Waals surface area contributed by atoms with Crippen molar-refractivity contribution in [3.05, 3.63) is 40.2 Å². The van der Waals surface area contributed by atoms with Crippen LogP contribution in [0, 0.1) is 6.92 Å². The van der Waals surface area contributed by atoms with Crippen molar-refractivity contribution < 1.29 is 9.84 Å². The average Bonchev–Trinajstić information content (AvgIpc) is 2.94. The Morgan fingerprint density at radius 3 is 2.70 bits per heavy atom. The van der Waals surface area contributed by atoms with Crippen LogP contribution in [0.15, 0.2) is 29.1 Å². The summed E-state index contributed by atoms with van der Waals surface area (Å²) in [5.74, 6) is -0.0209. The van der Waals surface area contributed by atoms with E-state index in [-0.39, 0.29) is 11.3 Å². The van der Waals surface area contributed by atoms with Crippen LogP contribution in [-0.2, 0) is 6.54 Å². The van der Waals surface area contributed by atoms with E-state index >= 15 is 0 Å². The minimum absolute atomic E-state index is 0.0209. The van der Waals surface area contributed by atoms with Crippen molar-refractivity contribution in [1.29, 1.82) is 0 Å². The predicted octanol–water partition coefficient (Wildman–Crippen LogP) is 3.56. The molecule has 23 heavy (non-hydrogen) atoms. The molecule has 0 atom stereocenters. The van der Waals surface area contributed by atoms with Crippen molar-refractivity contribution in [3.8, 4) is 22.1 Å². The summed E-state index contributed by atoms with van der Waals surface area (Å²) in [6.07, 6.45) is 0. The highest BCUT2D eigenvalue weighted by Gasteiger charge is 2.22. The summed E-state index contributed by atoms with van der Waals surface area (Å²) in [6.45, 7) is 6.65. The Balaban J connectivity index is 2.39. The van der Waals surface area contributed by atoms with E-state index < -0.39 is 0 Å². The van der Waals surface area contributed by atoms with Gasteiger partial charge in [-0.15, -0.1) is 0 Å². The highest BCUT2D eigenvalue weighted by Crippen LogP contribution is 2.39. The summed E-state index contributed by atoms with van der Waals surface area (Å²) < 4.78 is 7.59. The molecule has 5 nitrogen and oxygen atoms in total. The fourth-order valence-electron chi connectivity index (χ4n) is 2.65. The number of aromatic hydroxyl groups is 1. The third-order valence-corrected chi connectivity index (χ3v) is 4.72. The maximum Gasteiger partial charge on any atom is 0.275 e. The number of fused-ring (bicyclic) bond motifs is 1. The van der Waals surface area contributed by atoms with Gasteiger partial charge >= 0.3 is 0 Å². The molecule has 0 unspecified atom stereocenters. The van der Waals surface area contributed by atoms with Gasteiger partial charge in [0, 0.05) is 6.54 Å². The Morgan fingerprint density at radius 1 is 1.30 bits per heavy atom. The van der Waals surface area contributed by atoms with Crippen molar-refractivity contribution in [3.63, 3.8) is 0 Å². The van der Waals surface area contributed by atoms with Crippen molar-refractivity contribution in [2.24, 2.45) is 0 Å². The molecule has 6 heteroatoms. The van der Waals surface area contributed by atoms with Crippen LogP contribution in [0.1, 0.15) is 19.4 Å². The molecule has 0 bridgehead atoms. The molecule has 0 radical (unpaired) electrons. The molecule has 0 aliphatic heterocycles. The summed E-state index contributed by atoms with van der Waals surface area (Å²) in [5, 5.41) is 11.2. The van der Waals surface area contributed by atoms with Crippen molar-refractivity contribution in [1.82, 2.24) is 9.55 Å². The van der Waals surface area contributed by atoms with Gasteiger partial charge in [0.1, 0.15) is 10.4 Å². The van der Waals surface area contributed by atoms with Crippen LogP contribution in [-0.4, -0.2) is 21.3 Å². The minimum Gasteiger partial charge on any atom is -0.505 e. The number of hydrogen-bond donors (Lipinski definition) is 1. The Hall–Kier alpha value is -2.34. The number of thiazole rings is 1. The Bertz CT molecular complexity index is 927. The van der Waals surface area contributed by atoms with Crippen molar-refractivity contribution in [2.75, 3.05) is 6.61 Å². The van der Waals surface area contributed by atoms with Crippen LogP contribution in [0.3, 0.4) is 0 Å². The molecule has 0 saturated heterocycles. The van der Waals surface area contributed by atoms with Crippen LogP contribution in [0.5, 0.6) is 10.9 Å². The quantitative estimate of drug-likeness (QED) is 0.794. The minimum atomic E-state index is -0.236. The molecule has 0 aliphatic rings. The Labute approximate surface area is 137 Å². The fourth-order valence-corrected chi connectivity index (χ4v) is 3.58. The van der Waals surface area contributed by atoms with E-state index in [9.17, 15) is 9.90 Å². The molecule has 120 valence electrons. The molecule has 1 aromatic carbocycles. The van der Waals surface area contributed by atoms with Gasteiger partial charge in [-0.05, 0) is 31.9 Å². The van der Waals surface area contributed by atoms with Gasteiger partial charge in [-0.1, -0.05) is 35.6 Å². The van der Waals surface area contributed by atoms with E-state index in [1.807, 2.05) is 45.0 Å². The predicted molar refractivity (Wildman–Crippen MR) is 92.6 cm³/mol. The second-order valence-electron chi connectivity index (χ2n) is 5.15. The summed E-state index contributed by atoms with van der Waals surface area (Å²) >= 11 is 1.26. The van der Waals surface area contributed by atoms with E-state index in [4.69, 9.17) is 4.74 Å². The van der Waals surface area contributed by atoms with Gasteiger partial charge in [-0.2, -0.15) is 4.98 Å². The molecule has 1 N–H and O–H groups in total. The van der Waals surface area contributed by atoms with Crippen LogP contribution in [0.2, 0.25) is 0 Å². The van der Waals surface area contributed by atoms with Crippen LogP contribution in [0.4, 0.5) is 0 Å². The number of nitrogens with zero attached hydrogens (tertiary/aromatic N) is 2. The zero-order chi connectivity index (χ0) is 16.6. The summed E-state index contributed by atoms with van der Waals surface area (Å²) in [5.41, 5.74) is 2.24. The molecule has 0 saturated carbocycles. The van der Waals surface area contributed by atoms with Crippen molar-refractivity contribution in [2.45, 2.75) is 27.3 Å². The first-order chi connectivity index (χ1) is 11.1. The normalized spacial score (nSPS) is 11.1. The number of aromatic nitrogens is 2. The van der Waals surface area contributed by atoms with E-state index in [1.165, 1.54) is 11.3 Å². The number of benzene rings is 1. The highest BCUT2D eigenvalue weighted by molar-refractivity contribution is 7.20. The third-order valence-electron chi connectivity index (χ3n) is 3.75. The Kier molecular flexibility index (Phi) is 4.09. The fraction of sp³-hybridized carbons (Fsp3) is 0.294. The van der Waals surface area contributed by atoms with E-state index in [2.05, 4.69) is 4.98 Å². The zero-order valence-corrected chi connectivity index (χ0v) is 14.1. The summed E-state index contributed by atoms with van der Waals surface area (Å²) in [7, 11) is 0. The second-order valence-corrected chi connectivity index (χ2v) is 6.12. The second kappa shape index (κ2) is 6.04. The van der Waals surface area contributed by atoms with Crippen LogP contribution >= 0.6 is 11.3 Å². The molecule has 2 heterocycles. The first-order valence-electron chi connectivity index (χ1n) is 7.53. The number of aryl methyl sites for hydroxylation is 2. The maximum absolute atomic E-state index is 12.9. The van der Waals surface area contributed by atoms with E-state index in [0.717, 1.165) is 11.1 Å². The lowest BCUT2D eigenvalue weighted by atomic mass is 10.0. The first kappa shape index (κ1) is 15.6. The highest BCUT2D eigenvalue weighted by atomic mass is 32.1. The lowest BCUT2D eigenvalue weighted by Crippen LogP contribution is -2.21. The SMILES string of the molecule is CCOc1nc2c(s1)c(O)c(-c1ccccc1C)c(=O)n2CC. The van der Waals surface area contributed by atoms with Gasteiger partial charge in [0.2, 0.25) is 0 Å². The molecule has 0 fully saturated rings.